The first-order valence-electron chi connectivity index (χ1n) is 13.7. The van der Waals surface area contributed by atoms with Crippen molar-refractivity contribution in [2.45, 2.75) is 91.7 Å². The summed E-state index contributed by atoms with van der Waals surface area (Å²) < 4.78 is 141. The van der Waals surface area contributed by atoms with Crippen LogP contribution in [0.4, 0.5) is 65.6 Å². The van der Waals surface area contributed by atoms with Crippen LogP contribution in [0.2, 0.25) is 0 Å². The molecule has 1 aromatic carbocycles. The fourth-order valence-electron chi connectivity index (χ4n) is 4.45. The summed E-state index contributed by atoms with van der Waals surface area (Å²) in [6.07, 6.45) is -13.5. The molecule has 0 amide bonds. The highest BCUT2D eigenvalue weighted by Crippen LogP contribution is 2.42. The largest absolute Gasteiger partial charge is 0.418 e. The third kappa shape index (κ3) is 9.82. The van der Waals surface area contributed by atoms with Crippen molar-refractivity contribution in [1.82, 2.24) is 9.97 Å². The minimum atomic E-state index is -4.81. The molecule has 3 aromatic rings. The van der Waals surface area contributed by atoms with Gasteiger partial charge in [-0.25, -0.2) is 18.7 Å². The van der Waals surface area contributed by atoms with Crippen LogP contribution in [0.3, 0.4) is 0 Å². The Morgan fingerprint density at radius 2 is 1.04 bits per heavy atom. The molecule has 0 aliphatic rings. The molecule has 0 saturated heterocycles. The van der Waals surface area contributed by atoms with Gasteiger partial charge < -0.3 is 17.2 Å². The molecular formula is C30H36F11N5. The lowest BCUT2D eigenvalue weighted by molar-refractivity contribution is -0.140. The van der Waals surface area contributed by atoms with E-state index in [0.717, 1.165) is 19.1 Å². The average Bonchev–Trinajstić information content (AvgIpc) is 2.87. The van der Waals surface area contributed by atoms with E-state index in [1.807, 2.05) is 0 Å². The second kappa shape index (κ2) is 14.7. The zero-order chi connectivity index (χ0) is 36.3. The van der Waals surface area contributed by atoms with Gasteiger partial charge in [-0.05, 0) is 60.9 Å². The van der Waals surface area contributed by atoms with Crippen LogP contribution < -0.4 is 17.2 Å². The predicted octanol–water partition coefficient (Wildman–Crippen LogP) is 9.92. The van der Waals surface area contributed by atoms with Crippen molar-refractivity contribution in [3.8, 4) is 0 Å². The average molecular weight is 676 g/mol. The van der Waals surface area contributed by atoms with Crippen molar-refractivity contribution in [2.75, 3.05) is 17.2 Å². The Morgan fingerprint density at radius 3 is 1.43 bits per heavy atom. The normalized spacial score (nSPS) is 12.2. The van der Waals surface area contributed by atoms with E-state index < -0.39 is 69.6 Å². The number of nitrogens with two attached hydrogens (primary N) is 3. The number of benzene rings is 1. The molecule has 0 aliphatic carbocycles. The maximum Gasteiger partial charge on any atom is 0.418 e. The highest BCUT2D eigenvalue weighted by atomic mass is 19.4. The van der Waals surface area contributed by atoms with Crippen molar-refractivity contribution >= 4 is 17.3 Å². The molecular weight excluding hydrogens is 639 g/mol. The molecule has 5 nitrogen and oxygen atoms in total. The summed E-state index contributed by atoms with van der Waals surface area (Å²) in [6.45, 7) is 11.8. The number of rotatable bonds is 3. The lowest BCUT2D eigenvalue weighted by Crippen LogP contribution is -2.17. The zero-order valence-electron chi connectivity index (χ0n) is 26.2. The number of aryl methyl sites for hydroxylation is 1. The molecule has 0 atom stereocenters. The SMILES string of the molecule is CC(C)c1nc(N)ccc1C(F)(F)F.Cc1c(F)c(N)c(F)c(C(C)C)c1C(F)(F)F.Cc1cc(N)nc(C(C)C)c1C(F)(F)F. The third-order valence-electron chi connectivity index (χ3n) is 6.44. The summed E-state index contributed by atoms with van der Waals surface area (Å²) in [6, 6.07) is 3.38. The van der Waals surface area contributed by atoms with Crippen LogP contribution >= 0.6 is 0 Å². The standard InChI is InChI=1S/C11H12F5N.C10H13F3N2.C9H11F3N2/c1-4(2)6-7(11(14,15)16)5(3)8(12)10(17)9(6)13;1-5(2)9-8(10(11,12)13)6(3)4-7(14)15-9;1-5(2)8-6(9(10,11)12)3-4-7(13)14-8/h4H,17H2,1-3H3;4-5H,1-3H3,(H2,14,15);3-5H,1-2H3,(H2,13,14). The van der Waals surface area contributed by atoms with Crippen LogP contribution in [0, 0.1) is 25.5 Å². The number of aromatic nitrogens is 2. The Morgan fingerprint density at radius 1 is 0.587 bits per heavy atom. The summed E-state index contributed by atoms with van der Waals surface area (Å²) in [5.74, 6) is -3.77. The second-order valence-corrected chi connectivity index (χ2v) is 11.2. The molecule has 0 radical (unpaired) electrons. The van der Waals surface area contributed by atoms with Crippen LogP contribution in [0.5, 0.6) is 0 Å². The minimum Gasteiger partial charge on any atom is -0.394 e. The van der Waals surface area contributed by atoms with E-state index in [1.54, 1.807) is 27.7 Å². The number of pyridine rings is 2. The smallest absolute Gasteiger partial charge is 0.394 e. The Hall–Kier alpha value is -3.85. The lowest BCUT2D eigenvalue weighted by Gasteiger charge is -2.20. The van der Waals surface area contributed by atoms with Crippen LogP contribution in [0.1, 0.15) is 104 Å². The molecule has 2 aromatic heterocycles. The first kappa shape index (κ1) is 40.2. The van der Waals surface area contributed by atoms with E-state index in [1.165, 1.54) is 26.8 Å². The number of halogens is 11. The Balaban J connectivity index is 0.000000347. The first-order valence-corrected chi connectivity index (χ1v) is 13.7. The van der Waals surface area contributed by atoms with E-state index in [4.69, 9.17) is 17.2 Å². The molecule has 258 valence electrons. The van der Waals surface area contributed by atoms with Gasteiger partial charge in [-0.2, -0.15) is 39.5 Å². The number of hydrogen-bond acceptors (Lipinski definition) is 5. The van der Waals surface area contributed by atoms with E-state index >= 15 is 0 Å². The van der Waals surface area contributed by atoms with Gasteiger partial charge >= 0.3 is 18.5 Å². The zero-order valence-corrected chi connectivity index (χ0v) is 26.2. The first-order chi connectivity index (χ1) is 20.6. The van der Waals surface area contributed by atoms with Gasteiger partial charge in [-0.3, -0.25) is 0 Å². The number of nitrogen functional groups attached to an aromatic ring is 3. The van der Waals surface area contributed by atoms with E-state index in [-0.39, 0.29) is 40.4 Å². The molecule has 3 rings (SSSR count). The maximum absolute atomic E-state index is 13.6. The summed E-state index contributed by atoms with van der Waals surface area (Å²) in [7, 11) is 0. The van der Waals surface area contributed by atoms with Crippen molar-refractivity contribution in [2.24, 2.45) is 0 Å². The number of alkyl halides is 9. The van der Waals surface area contributed by atoms with E-state index in [0.29, 0.717) is 0 Å². The highest BCUT2D eigenvalue weighted by Gasteiger charge is 2.40. The molecule has 0 fully saturated rings. The predicted molar refractivity (Wildman–Crippen MR) is 155 cm³/mol. The van der Waals surface area contributed by atoms with Crippen molar-refractivity contribution in [1.29, 1.82) is 0 Å². The third-order valence-corrected chi connectivity index (χ3v) is 6.44. The van der Waals surface area contributed by atoms with Crippen molar-refractivity contribution in [3.05, 3.63) is 74.6 Å². The van der Waals surface area contributed by atoms with Crippen molar-refractivity contribution < 1.29 is 48.3 Å². The summed E-state index contributed by atoms with van der Waals surface area (Å²) in [5, 5.41) is 0. The summed E-state index contributed by atoms with van der Waals surface area (Å²) >= 11 is 0. The molecule has 46 heavy (non-hydrogen) atoms. The second-order valence-electron chi connectivity index (χ2n) is 11.2. The highest BCUT2D eigenvalue weighted by molar-refractivity contribution is 5.54. The van der Waals surface area contributed by atoms with Gasteiger partial charge in [0.2, 0.25) is 0 Å². The fourth-order valence-corrected chi connectivity index (χ4v) is 4.45. The van der Waals surface area contributed by atoms with Gasteiger partial charge in [0.25, 0.3) is 0 Å². The molecule has 2 heterocycles. The minimum absolute atomic E-state index is 0.00231. The topological polar surface area (TPSA) is 104 Å². The maximum atomic E-state index is 13.6. The Labute approximate surface area is 259 Å². The summed E-state index contributed by atoms with van der Waals surface area (Å²) in [5.41, 5.74) is 11.3. The van der Waals surface area contributed by atoms with Crippen LogP contribution in [-0.4, -0.2) is 9.97 Å². The Kier molecular flexibility index (Phi) is 12.8. The van der Waals surface area contributed by atoms with Gasteiger partial charge in [0, 0.05) is 5.56 Å². The van der Waals surface area contributed by atoms with E-state index in [9.17, 15) is 48.3 Å². The molecule has 0 aliphatic heterocycles. The van der Waals surface area contributed by atoms with Crippen LogP contribution in [0.15, 0.2) is 18.2 Å². The summed E-state index contributed by atoms with van der Waals surface area (Å²) in [4.78, 5) is 7.45. The van der Waals surface area contributed by atoms with Gasteiger partial charge in [0.1, 0.15) is 17.3 Å². The molecule has 0 bridgehead atoms. The van der Waals surface area contributed by atoms with Gasteiger partial charge in [0.15, 0.2) is 11.6 Å². The monoisotopic (exact) mass is 675 g/mol. The van der Waals surface area contributed by atoms with E-state index in [2.05, 4.69) is 9.97 Å². The Bertz CT molecular complexity index is 1510. The molecule has 16 heteroatoms. The van der Waals surface area contributed by atoms with Crippen LogP contribution in [-0.2, 0) is 18.5 Å². The van der Waals surface area contributed by atoms with Crippen molar-refractivity contribution in [3.63, 3.8) is 0 Å². The number of nitrogens with zero attached hydrogens (tertiary/aromatic N) is 2. The number of hydrogen-bond donors (Lipinski definition) is 3. The molecule has 6 N–H and O–H groups in total. The lowest BCUT2D eigenvalue weighted by atomic mass is 9.91. The van der Waals surface area contributed by atoms with Gasteiger partial charge in [-0.1, -0.05) is 41.5 Å². The van der Waals surface area contributed by atoms with Gasteiger partial charge in [0.05, 0.1) is 28.1 Å². The molecule has 0 unspecified atom stereocenters. The number of anilines is 3. The molecule has 0 saturated carbocycles. The molecule has 0 spiro atoms. The fraction of sp³-hybridized carbons (Fsp3) is 0.467. The van der Waals surface area contributed by atoms with Crippen LogP contribution in [0.25, 0.3) is 0 Å². The van der Waals surface area contributed by atoms with Gasteiger partial charge in [-0.15, -0.1) is 0 Å². The quantitative estimate of drug-likeness (QED) is 0.189.